The Hall–Kier alpha value is -2.37. The molecule has 0 heterocycles. The summed E-state index contributed by atoms with van der Waals surface area (Å²) in [6, 6.07) is 4.93. The number of anilines is 1. The Morgan fingerprint density at radius 3 is 2.55 bits per heavy atom. The van der Waals surface area contributed by atoms with Crippen molar-refractivity contribution in [3.63, 3.8) is 0 Å². The number of hydrogen-bond acceptors (Lipinski definition) is 3. The molecule has 22 heavy (non-hydrogen) atoms. The number of carboxylic acid groups (broad SMARTS) is 1. The van der Waals surface area contributed by atoms with Gasteiger partial charge in [-0.25, -0.2) is 0 Å². The maximum Gasteiger partial charge on any atom is 0.322 e. The summed E-state index contributed by atoms with van der Waals surface area (Å²) < 4.78 is 0. The molecule has 1 aliphatic carbocycles. The third kappa shape index (κ3) is 4.07. The molecule has 3 N–H and O–H groups in total. The first-order valence-electron chi connectivity index (χ1n) is 7.39. The topological polar surface area (TPSA) is 95.5 Å². The normalized spacial score (nSPS) is 14.6. The third-order valence-electron chi connectivity index (χ3n) is 3.88. The van der Waals surface area contributed by atoms with Crippen LogP contribution in [0.3, 0.4) is 0 Å². The molecule has 0 unspecified atom stereocenters. The van der Waals surface area contributed by atoms with Crippen LogP contribution in [0.2, 0.25) is 0 Å². The number of aliphatic carboxylic acids is 1. The molecule has 0 saturated heterocycles. The maximum absolute atomic E-state index is 12.2. The molecule has 0 radical (unpaired) electrons. The largest absolute Gasteiger partial charge is 0.480 e. The molecule has 0 atom stereocenters. The quantitative estimate of drug-likeness (QED) is 0.774. The van der Waals surface area contributed by atoms with Crippen LogP contribution >= 0.6 is 0 Å². The predicted molar refractivity (Wildman–Crippen MR) is 81.7 cm³/mol. The van der Waals surface area contributed by atoms with Crippen molar-refractivity contribution in [3.8, 4) is 0 Å². The average molecular weight is 304 g/mol. The van der Waals surface area contributed by atoms with Gasteiger partial charge in [-0.2, -0.15) is 0 Å². The Morgan fingerprint density at radius 1 is 1.23 bits per heavy atom. The van der Waals surface area contributed by atoms with E-state index in [1.165, 1.54) is 0 Å². The number of nitrogens with one attached hydrogen (secondary N) is 2. The summed E-state index contributed by atoms with van der Waals surface area (Å²) in [6.45, 7) is 1.42. The van der Waals surface area contributed by atoms with Gasteiger partial charge in [-0.3, -0.25) is 14.4 Å². The van der Waals surface area contributed by atoms with Crippen molar-refractivity contribution in [2.75, 3.05) is 11.9 Å². The van der Waals surface area contributed by atoms with E-state index < -0.39 is 18.4 Å². The fourth-order valence-electron chi connectivity index (χ4n) is 2.58. The number of amides is 2. The van der Waals surface area contributed by atoms with Crippen LogP contribution in [-0.2, 0) is 9.59 Å². The Morgan fingerprint density at radius 2 is 1.91 bits per heavy atom. The van der Waals surface area contributed by atoms with E-state index in [2.05, 4.69) is 10.6 Å². The highest BCUT2D eigenvalue weighted by atomic mass is 16.4. The zero-order valence-corrected chi connectivity index (χ0v) is 12.5. The Kier molecular flexibility index (Phi) is 5.14. The van der Waals surface area contributed by atoms with E-state index in [1.807, 2.05) is 6.92 Å². The highest BCUT2D eigenvalue weighted by molar-refractivity contribution is 5.99. The minimum Gasteiger partial charge on any atom is -0.480 e. The number of carbonyl (C=O) groups excluding carboxylic acids is 2. The van der Waals surface area contributed by atoms with Gasteiger partial charge < -0.3 is 15.7 Å². The summed E-state index contributed by atoms with van der Waals surface area (Å²) in [4.78, 5) is 34.5. The lowest BCUT2D eigenvalue weighted by atomic mass is 10.1. The number of carboxylic acids is 1. The second kappa shape index (κ2) is 7.06. The van der Waals surface area contributed by atoms with Gasteiger partial charge in [0, 0.05) is 17.2 Å². The van der Waals surface area contributed by atoms with Gasteiger partial charge in [-0.05, 0) is 37.5 Å². The van der Waals surface area contributed by atoms with Crippen molar-refractivity contribution in [1.82, 2.24) is 5.32 Å². The van der Waals surface area contributed by atoms with Crippen LogP contribution in [0, 0.1) is 12.8 Å². The van der Waals surface area contributed by atoms with E-state index in [1.54, 1.807) is 18.2 Å². The van der Waals surface area contributed by atoms with Gasteiger partial charge in [0.05, 0.1) is 0 Å². The molecular weight excluding hydrogens is 284 g/mol. The molecule has 0 spiro atoms. The van der Waals surface area contributed by atoms with Crippen LogP contribution in [0.5, 0.6) is 0 Å². The van der Waals surface area contributed by atoms with Gasteiger partial charge in [-0.15, -0.1) is 0 Å². The maximum atomic E-state index is 12.2. The van der Waals surface area contributed by atoms with Crippen molar-refractivity contribution in [2.45, 2.75) is 32.6 Å². The average Bonchev–Trinajstić information content (AvgIpc) is 3.01. The Labute approximate surface area is 128 Å². The molecular formula is C16H20N2O4. The van der Waals surface area contributed by atoms with Gasteiger partial charge in [0.15, 0.2) is 0 Å². The summed E-state index contributed by atoms with van der Waals surface area (Å²) in [5.74, 6) is -1.54. The first-order chi connectivity index (χ1) is 10.5. The molecule has 0 bridgehead atoms. The molecule has 118 valence electrons. The SMILES string of the molecule is Cc1ccc(C(=O)NCC(=O)O)cc1NC(=O)C1CCCC1. The van der Waals surface area contributed by atoms with E-state index in [4.69, 9.17) is 5.11 Å². The van der Waals surface area contributed by atoms with Crippen LogP contribution in [-0.4, -0.2) is 29.4 Å². The zero-order chi connectivity index (χ0) is 16.1. The fraction of sp³-hybridized carbons (Fsp3) is 0.438. The molecule has 2 amide bonds. The smallest absolute Gasteiger partial charge is 0.322 e. The number of hydrogen-bond donors (Lipinski definition) is 3. The van der Waals surface area contributed by atoms with Crippen LogP contribution in [0.4, 0.5) is 5.69 Å². The molecule has 1 aliphatic rings. The lowest BCUT2D eigenvalue weighted by Gasteiger charge is -2.13. The van der Waals surface area contributed by atoms with Crippen LogP contribution in [0.25, 0.3) is 0 Å². The standard InChI is InChI=1S/C16H20N2O4/c1-10-6-7-12(15(21)17-9-14(19)20)8-13(10)18-16(22)11-4-2-3-5-11/h6-8,11H,2-5,9H2,1H3,(H,17,21)(H,18,22)(H,19,20). The Balaban J connectivity index is 2.07. The monoisotopic (exact) mass is 304 g/mol. The fourth-order valence-corrected chi connectivity index (χ4v) is 2.58. The third-order valence-corrected chi connectivity index (χ3v) is 3.88. The molecule has 2 rings (SSSR count). The van der Waals surface area contributed by atoms with Gasteiger partial charge in [0.1, 0.15) is 6.54 Å². The highest BCUT2D eigenvalue weighted by Crippen LogP contribution is 2.27. The van der Waals surface area contributed by atoms with Crippen LogP contribution in [0.1, 0.15) is 41.6 Å². The van der Waals surface area contributed by atoms with Crippen LogP contribution in [0.15, 0.2) is 18.2 Å². The summed E-state index contributed by atoms with van der Waals surface area (Å²) >= 11 is 0. The highest BCUT2D eigenvalue weighted by Gasteiger charge is 2.23. The number of carbonyl (C=O) groups is 3. The minimum atomic E-state index is -1.10. The van der Waals surface area contributed by atoms with Gasteiger partial charge in [-0.1, -0.05) is 18.9 Å². The predicted octanol–water partition coefficient (Wildman–Crippen LogP) is 1.94. The van der Waals surface area contributed by atoms with Gasteiger partial charge >= 0.3 is 5.97 Å². The molecule has 0 aromatic heterocycles. The number of aryl methyl sites for hydroxylation is 1. The summed E-state index contributed by atoms with van der Waals surface area (Å²) in [6.07, 6.45) is 3.97. The molecule has 6 nitrogen and oxygen atoms in total. The van der Waals surface area contributed by atoms with E-state index in [0.717, 1.165) is 31.2 Å². The van der Waals surface area contributed by atoms with Crippen molar-refractivity contribution in [2.24, 2.45) is 5.92 Å². The second-order valence-corrected chi connectivity index (χ2v) is 5.58. The number of benzene rings is 1. The van der Waals surface area contributed by atoms with Crippen molar-refractivity contribution >= 4 is 23.5 Å². The van der Waals surface area contributed by atoms with E-state index >= 15 is 0 Å². The zero-order valence-electron chi connectivity index (χ0n) is 12.5. The molecule has 1 saturated carbocycles. The lowest BCUT2D eigenvalue weighted by molar-refractivity contribution is -0.135. The van der Waals surface area contributed by atoms with Crippen molar-refractivity contribution in [3.05, 3.63) is 29.3 Å². The van der Waals surface area contributed by atoms with E-state index in [9.17, 15) is 14.4 Å². The Bertz CT molecular complexity index is 592. The van der Waals surface area contributed by atoms with Crippen molar-refractivity contribution in [1.29, 1.82) is 0 Å². The van der Waals surface area contributed by atoms with E-state index in [-0.39, 0.29) is 11.8 Å². The van der Waals surface area contributed by atoms with Crippen LogP contribution < -0.4 is 10.6 Å². The summed E-state index contributed by atoms with van der Waals surface area (Å²) in [5, 5.41) is 13.8. The van der Waals surface area contributed by atoms with E-state index in [0.29, 0.717) is 11.3 Å². The molecule has 6 heteroatoms. The first kappa shape index (κ1) is 16.0. The molecule has 0 aliphatic heterocycles. The van der Waals surface area contributed by atoms with Gasteiger partial charge in [0.25, 0.3) is 5.91 Å². The summed E-state index contributed by atoms with van der Waals surface area (Å²) in [5.41, 5.74) is 1.79. The van der Waals surface area contributed by atoms with Gasteiger partial charge in [0.2, 0.25) is 5.91 Å². The molecule has 1 fully saturated rings. The minimum absolute atomic E-state index is 0.0105. The molecule has 1 aromatic rings. The second-order valence-electron chi connectivity index (χ2n) is 5.58. The molecule has 1 aromatic carbocycles. The lowest BCUT2D eigenvalue weighted by Crippen LogP contribution is -2.29. The summed E-state index contributed by atoms with van der Waals surface area (Å²) in [7, 11) is 0. The van der Waals surface area contributed by atoms with Crippen molar-refractivity contribution < 1.29 is 19.5 Å². The number of rotatable bonds is 5. The first-order valence-corrected chi connectivity index (χ1v) is 7.39.